The highest BCUT2D eigenvalue weighted by atomic mass is 16.5. The Labute approximate surface area is 715 Å². The Bertz CT molecular complexity index is 4190. The number of carboxylic acid groups (broad SMARTS) is 1. The lowest BCUT2D eigenvalue weighted by Crippen LogP contribution is -2.09. The van der Waals surface area contributed by atoms with Crippen molar-refractivity contribution in [1.82, 2.24) is 0 Å². The summed E-state index contributed by atoms with van der Waals surface area (Å²) in [4.78, 5) is 72.4. The smallest absolute Gasteiger partial charge is 0.338 e. The molecule has 0 aliphatic heterocycles. The molecule has 5 N–H and O–H groups in total. The average Bonchev–Trinajstić information content (AvgIpc) is 0.801. The quantitative estimate of drug-likeness (QED) is 0.0105. The van der Waals surface area contributed by atoms with Crippen molar-refractivity contribution in [2.75, 3.05) is 99.4 Å². The lowest BCUT2D eigenvalue weighted by atomic mass is 9.98. The molecule has 0 fully saturated rings. The van der Waals surface area contributed by atoms with Gasteiger partial charge in [0, 0.05) is 53.9 Å². The lowest BCUT2D eigenvalue weighted by Gasteiger charge is -2.16. The maximum atomic E-state index is 14.2. The number of methoxy groups -OCH3 is 4. The van der Waals surface area contributed by atoms with Crippen LogP contribution in [-0.2, 0) is 62.5 Å². The van der Waals surface area contributed by atoms with Crippen LogP contribution in [0.15, 0.2) is 188 Å². The summed E-state index contributed by atoms with van der Waals surface area (Å²) in [6, 6.07) is 49.5. The van der Waals surface area contributed by atoms with E-state index in [0.29, 0.717) is 124 Å². The van der Waals surface area contributed by atoms with E-state index in [4.69, 9.17) is 82.5 Å². The molecule has 0 amide bonds. The van der Waals surface area contributed by atoms with Crippen molar-refractivity contribution in [3.63, 3.8) is 0 Å². The number of nitrogen functional groups attached to an aromatic ring is 2. The highest BCUT2D eigenvalue weighted by Gasteiger charge is 2.18. The number of anilines is 2. The number of carbonyl (C=O) groups excluding carboxylic acids is 5. The summed E-state index contributed by atoms with van der Waals surface area (Å²) in [5, 5.41) is 9.84. The number of ether oxygens (including phenoxy) is 15. The molecule has 24 heteroatoms. The fraction of sp³-hybridized carbons (Fsp3) is 0.367. The van der Waals surface area contributed by atoms with Crippen molar-refractivity contribution >= 4 is 71.5 Å². The molecule has 8 aromatic carbocycles. The molecule has 0 spiro atoms. The third-order valence-corrected chi connectivity index (χ3v) is 19.2. The molecule has 24 nitrogen and oxygen atoms in total. The summed E-state index contributed by atoms with van der Waals surface area (Å²) in [6.45, 7) is 4.27. The van der Waals surface area contributed by atoms with Crippen LogP contribution < -0.4 is 58.8 Å². The predicted octanol–water partition coefficient (Wildman–Crippen LogP) is 19.5. The molecule has 0 atom stereocenters. The maximum absolute atomic E-state index is 14.2. The van der Waals surface area contributed by atoms with Gasteiger partial charge in [0.25, 0.3) is 0 Å². The first-order valence-electron chi connectivity index (χ1n) is 41.7. The van der Waals surface area contributed by atoms with Crippen LogP contribution in [0.5, 0.6) is 57.5 Å². The molecule has 650 valence electrons. The highest BCUT2D eigenvalue weighted by molar-refractivity contribution is 5.93. The van der Waals surface area contributed by atoms with Crippen molar-refractivity contribution in [2.45, 2.75) is 148 Å². The fourth-order valence-electron chi connectivity index (χ4n) is 12.5. The van der Waals surface area contributed by atoms with Crippen LogP contribution in [0.4, 0.5) is 11.4 Å². The normalized spacial score (nSPS) is 11.2. The summed E-state index contributed by atoms with van der Waals surface area (Å²) in [5.74, 6) is 2.73. The number of nitrogens with two attached hydrogens (primary N) is 2. The summed E-state index contributed by atoms with van der Waals surface area (Å²) >= 11 is 0. The molecular formula is C98H116N2O22. The molecule has 0 unspecified atom stereocenters. The maximum Gasteiger partial charge on any atom is 0.338 e. The number of unbranched alkanes of at least 4 members (excludes halogenated alkanes) is 15. The second-order valence-electron chi connectivity index (χ2n) is 28.8. The molecule has 0 aliphatic carbocycles. The Hall–Kier alpha value is -12.9. The van der Waals surface area contributed by atoms with Gasteiger partial charge in [0.2, 0.25) is 0 Å². The number of carbonyl (C=O) groups is 6. The van der Waals surface area contributed by atoms with Crippen LogP contribution in [0.2, 0.25) is 0 Å². The van der Waals surface area contributed by atoms with Crippen molar-refractivity contribution in [2.24, 2.45) is 0 Å². The minimum atomic E-state index is -1.09. The summed E-state index contributed by atoms with van der Waals surface area (Å²) < 4.78 is 87.6. The number of carboxylic acids is 1. The van der Waals surface area contributed by atoms with Gasteiger partial charge >= 0.3 is 35.8 Å². The van der Waals surface area contributed by atoms with E-state index in [2.05, 4.69) is 0 Å². The third kappa shape index (κ3) is 37.6. The van der Waals surface area contributed by atoms with E-state index in [1.165, 1.54) is 58.8 Å². The van der Waals surface area contributed by atoms with Crippen LogP contribution in [0.25, 0.3) is 24.3 Å². The standard InChI is InChI=1S/C98H116N2O22/c1-108-93(101)46-34-72-26-38-80(39-27-72)112-50-16-7-11-20-54-116-84-59-76(60-85(67-84)117-55-21-12-8-17-51-113-81-40-28-73(29-41-81)35-47-94(102)109-2)70-121-88-63-78(98(107)120-58-24-6-5-15-25-90-91(97(105)106)65-79(99)66-92(90)100)64-89(69-88)122-71-77-61-86(118-56-22-13-9-18-52-114-82-42-30-74(31-43-82)36-48-95(103)110-3)68-87(62-77)119-57-23-14-10-19-53-115-83-44-32-75(33-45-83)37-49-96(104)111-4/h26-49,59-69H,5-25,50-58,70-71,99-100H2,1-4H3,(H,105,106)/b46-34+,47-35+,48-36+,49-37+. The fourth-order valence-corrected chi connectivity index (χ4v) is 12.5. The first-order valence-corrected chi connectivity index (χ1v) is 41.7. The van der Waals surface area contributed by atoms with Gasteiger partial charge in [0.1, 0.15) is 70.7 Å². The summed E-state index contributed by atoms with van der Waals surface area (Å²) in [6.07, 6.45) is 29.3. The molecular weight excluding hydrogens is 1560 g/mol. The van der Waals surface area contributed by atoms with Gasteiger partial charge in [-0.2, -0.15) is 0 Å². The molecule has 0 aliphatic rings. The summed E-state index contributed by atoms with van der Waals surface area (Å²) in [7, 11) is 5.36. The van der Waals surface area contributed by atoms with E-state index in [1.54, 1.807) is 48.6 Å². The minimum absolute atomic E-state index is 0.0613. The zero-order valence-corrected chi connectivity index (χ0v) is 70.5. The van der Waals surface area contributed by atoms with Crippen molar-refractivity contribution in [3.8, 4) is 57.5 Å². The zero-order valence-electron chi connectivity index (χ0n) is 70.5. The summed E-state index contributed by atoms with van der Waals surface area (Å²) in [5.41, 5.74) is 18.5. The van der Waals surface area contributed by atoms with Gasteiger partial charge in [-0.3, -0.25) is 0 Å². The number of aromatic carboxylic acids is 1. The number of esters is 5. The molecule has 0 saturated carbocycles. The molecule has 0 aromatic heterocycles. The molecule has 8 rings (SSSR count). The molecule has 122 heavy (non-hydrogen) atoms. The third-order valence-electron chi connectivity index (χ3n) is 19.2. The van der Waals surface area contributed by atoms with Crippen molar-refractivity contribution < 1.29 is 105 Å². The van der Waals surface area contributed by atoms with Gasteiger partial charge in [-0.1, -0.05) is 61.4 Å². The van der Waals surface area contributed by atoms with Crippen LogP contribution in [0, 0.1) is 0 Å². The molecule has 8 aromatic rings. The molecule has 0 bridgehead atoms. The van der Waals surface area contributed by atoms with Crippen LogP contribution in [0.3, 0.4) is 0 Å². The van der Waals surface area contributed by atoms with Crippen molar-refractivity contribution in [1.29, 1.82) is 0 Å². The van der Waals surface area contributed by atoms with Gasteiger partial charge < -0.3 is 87.6 Å². The largest absolute Gasteiger partial charge is 0.494 e. The Morgan fingerprint density at radius 3 is 0.836 bits per heavy atom. The molecule has 0 heterocycles. The Balaban J connectivity index is 0.925. The van der Waals surface area contributed by atoms with Crippen LogP contribution in [0.1, 0.15) is 188 Å². The predicted molar refractivity (Wildman–Crippen MR) is 470 cm³/mol. The second-order valence-corrected chi connectivity index (χ2v) is 28.8. The number of hydrogen-bond acceptors (Lipinski definition) is 23. The SMILES string of the molecule is COC(=O)/C=C/c1ccc(OCCCCCCOc2cc(COc3cc(OCc4cc(OCCCCCCOc5ccc(/C=C/C(=O)OC)cc5)cc(OCCCCCCOc5ccc(/C=C/C(=O)OC)cc5)c4)cc(C(=O)OCCCCCCc4c(N)cc(N)cc4C(=O)O)c3)cc(OCCCCCCOc3ccc(/C=C/C(=O)OC)cc3)c2)cc1. The first kappa shape index (κ1) is 94.6. The van der Waals surface area contributed by atoms with E-state index < -0.39 is 35.8 Å². The van der Waals surface area contributed by atoms with E-state index in [0.717, 1.165) is 166 Å². The van der Waals surface area contributed by atoms with Gasteiger partial charge in [0.15, 0.2) is 0 Å². The van der Waals surface area contributed by atoms with E-state index >= 15 is 0 Å². The molecule has 0 saturated heterocycles. The van der Waals surface area contributed by atoms with E-state index in [1.807, 2.05) is 133 Å². The zero-order chi connectivity index (χ0) is 86.6. The first-order chi connectivity index (χ1) is 59.5. The highest BCUT2D eigenvalue weighted by Crippen LogP contribution is 2.32. The van der Waals surface area contributed by atoms with E-state index in [9.17, 15) is 33.9 Å². The van der Waals surface area contributed by atoms with Gasteiger partial charge in [-0.15, -0.1) is 0 Å². The van der Waals surface area contributed by atoms with E-state index in [-0.39, 0.29) is 36.6 Å². The average molecular weight is 1670 g/mol. The lowest BCUT2D eigenvalue weighted by molar-refractivity contribution is -0.135. The number of benzene rings is 8. The molecule has 0 radical (unpaired) electrons. The number of rotatable bonds is 59. The Morgan fingerprint density at radius 2 is 0.557 bits per heavy atom. The Morgan fingerprint density at radius 1 is 0.295 bits per heavy atom. The number of hydrogen-bond donors (Lipinski definition) is 3. The van der Waals surface area contributed by atoms with Gasteiger partial charge in [-0.05, 0) is 282 Å². The topological polar surface area (TPSA) is 313 Å². The van der Waals surface area contributed by atoms with Crippen LogP contribution in [-0.4, -0.2) is 129 Å². The van der Waals surface area contributed by atoms with Crippen molar-refractivity contribution in [3.05, 3.63) is 238 Å². The Kier molecular flexibility index (Phi) is 42.7. The van der Waals surface area contributed by atoms with Gasteiger partial charge in [-0.25, -0.2) is 28.8 Å². The second kappa shape index (κ2) is 55.1. The van der Waals surface area contributed by atoms with Gasteiger partial charge in [0.05, 0.1) is 99.0 Å². The van der Waals surface area contributed by atoms with Crippen LogP contribution >= 0.6 is 0 Å². The minimum Gasteiger partial charge on any atom is -0.494 e. The monoisotopic (exact) mass is 1670 g/mol.